The third-order valence-electron chi connectivity index (χ3n) is 5.38. The van der Waals surface area contributed by atoms with Gasteiger partial charge in [-0.15, -0.1) is 22.0 Å². The zero-order valence-corrected chi connectivity index (χ0v) is 19.8. The van der Waals surface area contributed by atoms with Crippen LogP contribution in [0.15, 0.2) is 45.2 Å². The fourth-order valence-corrected chi connectivity index (χ4v) is 6.03. The average molecular weight is 520 g/mol. The van der Waals surface area contributed by atoms with E-state index in [9.17, 15) is 24.3 Å². The number of carboxylic acid groups (broad SMARTS) is 2. The largest absolute Gasteiger partial charge is 0.481 e. The Hall–Kier alpha value is -3.36. The second-order valence-corrected chi connectivity index (χ2v) is 9.71. The number of thioether (sulfide) groups is 2. The van der Waals surface area contributed by atoms with Gasteiger partial charge in [0.05, 0.1) is 6.42 Å². The van der Waals surface area contributed by atoms with Gasteiger partial charge in [0.15, 0.2) is 0 Å². The number of aliphatic carboxylic acids is 2. The number of amides is 2. The van der Waals surface area contributed by atoms with Crippen molar-refractivity contribution < 1.29 is 33.8 Å². The molecule has 2 aliphatic heterocycles. The quantitative estimate of drug-likeness (QED) is 0.247. The van der Waals surface area contributed by atoms with E-state index < -0.39 is 35.7 Å². The number of hydrogen-bond donors (Lipinski definition) is 4. The summed E-state index contributed by atoms with van der Waals surface area (Å²) in [4.78, 5) is 49.3. The molecule has 0 aliphatic carbocycles. The number of carbonyl (C=O) groups is 4. The van der Waals surface area contributed by atoms with Gasteiger partial charge in [-0.05, 0) is 16.7 Å². The van der Waals surface area contributed by atoms with Crippen molar-refractivity contribution >= 4 is 47.3 Å². The summed E-state index contributed by atoms with van der Waals surface area (Å²) in [6.07, 6.45) is -0.354. The summed E-state index contributed by atoms with van der Waals surface area (Å²) < 4.78 is 5.24. The Morgan fingerprint density at radius 1 is 1.20 bits per heavy atom. The van der Waals surface area contributed by atoms with Crippen molar-refractivity contribution in [3.05, 3.63) is 52.6 Å². The molecule has 0 radical (unpaired) electrons. The molecule has 0 bridgehead atoms. The first-order valence-corrected chi connectivity index (χ1v) is 12.4. The maximum Gasteiger partial charge on any atom is 0.352 e. The molecule has 2 aliphatic rings. The highest BCUT2D eigenvalue weighted by Crippen LogP contribution is 2.41. The van der Waals surface area contributed by atoms with Crippen molar-refractivity contribution in [2.75, 3.05) is 11.5 Å². The zero-order chi connectivity index (χ0) is 25.1. The second-order valence-electron chi connectivity index (χ2n) is 7.68. The van der Waals surface area contributed by atoms with Gasteiger partial charge in [0, 0.05) is 18.1 Å². The van der Waals surface area contributed by atoms with Crippen LogP contribution in [0.5, 0.6) is 0 Å². The maximum atomic E-state index is 12.8. The van der Waals surface area contributed by atoms with Crippen LogP contribution in [0.25, 0.3) is 0 Å². The lowest BCUT2D eigenvalue weighted by atomic mass is 10.0. The number of benzene rings is 1. The summed E-state index contributed by atoms with van der Waals surface area (Å²) in [5.41, 5.74) is 7.68. The van der Waals surface area contributed by atoms with Crippen LogP contribution in [0.3, 0.4) is 0 Å². The highest BCUT2D eigenvalue weighted by Gasteiger charge is 2.54. The van der Waals surface area contributed by atoms with E-state index >= 15 is 0 Å². The number of fused-ring (bicyclic) bond motifs is 1. The Balaban J connectivity index is 1.41. The normalized spacial score (nSPS) is 19.2. The summed E-state index contributed by atoms with van der Waals surface area (Å²) in [5, 5.41) is 28.2. The molecular weight excluding hydrogens is 498 g/mol. The lowest BCUT2D eigenvalue weighted by molar-refractivity contribution is -0.150. The molecule has 184 valence electrons. The molecule has 0 spiro atoms. The van der Waals surface area contributed by atoms with Crippen LogP contribution in [0.1, 0.15) is 17.0 Å². The molecule has 5 N–H and O–H groups in total. The number of carboxylic acids is 2. The number of carbonyl (C=O) groups excluding carboxylic acids is 2. The number of hydrogen-bond acceptors (Lipinski definition) is 10. The molecule has 1 unspecified atom stereocenters. The van der Waals surface area contributed by atoms with Gasteiger partial charge in [-0.1, -0.05) is 36.0 Å². The zero-order valence-electron chi connectivity index (χ0n) is 18.2. The van der Waals surface area contributed by atoms with Gasteiger partial charge >= 0.3 is 11.9 Å². The van der Waals surface area contributed by atoms with E-state index in [4.69, 9.17) is 15.3 Å². The van der Waals surface area contributed by atoms with E-state index in [0.717, 1.165) is 22.9 Å². The monoisotopic (exact) mass is 519 g/mol. The number of nitrogens with zero attached hydrogens (tertiary/aromatic N) is 3. The van der Waals surface area contributed by atoms with Crippen LogP contribution in [-0.4, -0.2) is 72.0 Å². The highest BCUT2D eigenvalue weighted by atomic mass is 32.2. The first kappa shape index (κ1) is 24.8. The number of β-lactam (4-membered cyclic amide) rings is 1. The van der Waals surface area contributed by atoms with Crippen LogP contribution in [-0.2, 0) is 38.6 Å². The number of rotatable bonds is 10. The van der Waals surface area contributed by atoms with E-state index in [0.29, 0.717) is 11.3 Å². The molecule has 2 aromatic rings. The Labute approximate surface area is 207 Å². The smallest absolute Gasteiger partial charge is 0.352 e. The SMILES string of the molecule is NCc1ccccc1CC(=O)NC1C(=O)N2C(C(=O)O)=C(CSc3nnc(CC(=O)O)o3)CS[C@@H]12. The van der Waals surface area contributed by atoms with Crippen molar-refractivity contribution in [3.63, 3.8) is 0 Å². The molecule has 35 heavy (non-hydrogen) atoms. The van der Waals surface area contributed by atoms with Crippen molar-refractivity contribution in [1.29, 1.82) is 0 Å². The molecule has 3 heterocycles. The Kier molecular flexibility index (Phi) is 7.42. The van der Waals surface area contributed by atoms with E-state index in [-0.39, 0.29) is 41.4 Å². The number of aromatic nitrogens is 2. The van der Waals surface area contributed by atoms with Gasteiger partial charge in [0.1, 0.15) is 23.5 Å². The molecular formula is C21H21N5O7S2. The third kappa shape index (κ3) is 5.33. The van der Waals surface area contributed by atoms with E-state index in [2.05, 4.69) is 15.5 Å². The van der Waals surface area contributed by atoms with Crippen molar-refractivity contribution in [2.45, 2.75) is 36.0 Å². The third-order valence-corrected chi connectivity index (χ3v) is 7.62. The molecule has 4 rings (SSSR count). The molecule has 1 aromatic heterocycles. The topological polar surface area (TPSA) is 189 Å². The van der Waals surface area contributed by atoms with Gasteiger partial charge in [0.2, 0.25) is 11.8 Å². The molecule has 1 aromatic carbocycles. The van der Waals surface area contributed by atoms with E-state index in [1.807, 2.05) is 12.1 Å². The Morgan fingerprint density at radius 3 is 2.63 bits per heavy atom. The van der Waals surface area contributed by atoms with Crippen LogP contribution in [0.4, 0.5) is 0 Å². The van der Waals surface area contributed by atoms with Gasteiger partial charge in [-0.25, -0.2) is 4.79 Å². The number of nitrogens with two attached hydrogens (primary N) is 1. The molecule has 1 fully saturated rings. The van der Waals surface area contributed by atoms with Crippen molar-refractivity contribution in [3.8, 4) is 0 Å². The molecule has 14 heteroatoms. The van der Waals surface area contributed by atoms with Crippen LogP contribution in [0, 0.1) is 0 Å². The van der Waals surface area contributed by atoms with Crippen molar-refractivity contribution in [2.24, 2.45) is 5.73 Å². The molecule has 12 nitrogen and oxygen atoms in total. The van der Waals surface area contributed by atoms with Crippen LogP contribution in [0.2, 0.25) is 0 Å². The number of nitrogens with one attached hydrogen (secondary N) is 1. The second kappa shape index (κ2) is 10.5. The minimum absolute atomic E-state index is 0.0592. The van der Waals surface area contributed by atoms with Gasteiger partial charge < -0.3 is 25.7 Å². The van der Waals surface area contributed by atoms with Crippen LogP contribution < -0.4 is 11.1 Å². The molecule has 0 saturated carbocycles. The summed E-state index contributed by atoms with van der Waals surface area (Å²) >= 11 is 2.41. The lowest BCUT2D eigenvalue weighted by Gasteiger charge is -2.49. The first-order chi connectivity index (χ1) is 16.8. The average Bonchev–Trinajstić information content (AvgIpc) is 3.27. The Morgan fingerprint density at radius 2 is 1.94 bits per heavy atom. The minimum Gasteiger partial charge on any atom is -0.481 e. The van der Waals surface area contributed by atoms with Crippen LogP contribution >= 0.6 is 23.5 Å². The fraction of sp³-hybridized carbons (Fsp3) is 0.333. The predicted molar refractivity (Wildman–Crippen MR) is 124 cm³/mol. The fourth-order valence-electron chi connectivity index (χ4n) is 3.77. The lowest BCUT2D eigenvalue weighted by Crippen LogP contribution is -2.70. The standard InChI is InChI=1S/C21H21N5O7S2/c22-7-11-4-2-1-3-10(11)5-13(27)23-16-18(30)26-17(20(31)32)12(8-34-19(16)26)9-35-21-25-24-14(33-21)6-15(28)29/h1-4,16,19H,5-9,22H2,(H,23,27)(H,28,29)(H,31,32)/t16?,19-/m0/s1. The summed E-state index contributed by atoms with van der Waals surface area (Å²) in [6.45, 7) is 0.288. The summed E-state index contributed by atoms with van der Waals surface area (Å²) in [7, 11) is 0. The molecule has 2 amide bonds. The molecule has 1 saturated heterocycles. The summed E-state index contributed by atoms with van der Waals surface area (Å²) in [5.74, 6) is -2.79. The molecule has 2 atom stereocenters. The van der Waals surface area contributed by atoms with Gasteiger partial charge in [-0.3, -0.25) is 19.3 Å². The van der Waals surface area contributed by atoms with E-state index in [1.165, 1.54) is 16.7 Å². The van der Waals surface area contributed by atoms with Gasteiger partial charge in [-0.2, -0.15) is 0 Å². The summed E-state index contributed by atoms with van der Waals surface area (Å²) in [6, 6.07) is 6.45. The highest BCUT2D eigenvalue weighted by molar-refractivity contribution is 8.01. The predicted octanol–water partition coefficient (Wildman–Crippen LogP) is 0.229. The van der Waals surface area contributed by atoms with Gasteiger partial charge in [0.25, 0.3) is 11.1 Å². The van der Waals surface area contributed by atoms with E-state index in [1.54, 1.807) is 12.1 Å². The van der Waals surface area contributed by atoms with Crippen molar-refractivity contribution in [1.82, 2.24) is 20.4 Å². The maximum absolute atomic E-state index is 12.8. The Bertz CT molecular complexity index is 1210. The minimum atomic E-state index is -1.25. The first-order valence-electron chi connectivity index (χ1n) is 10.4.